The minimum Gasteiger partial charge on any atom is -0.330 e. The van der Waals surface area contributed by atoms with E-state index in [-0.39, 0.29) is 24.5 Å². The predicted octanol–water partition coefficient (Wildman–Crippen LogP) is 0.909. The van der Waals surface area contributed by atoms with Crippen molar-refractivity contribution < 1.29 is 9.59 Å². The molecule has 0 bridgehead atoms. The maximum atomic E-state index is 12.2. The van der Waals surface area contributed by atoms with Crippen molar-refractivity contribution in [2.45, 2.75) is 26.1 Å². The highest BCUT2D eigenvalue weighted by atomic mass is 16.2. The highest BCUT2D eigenvalue weighted by molar-refractivity contribution is 5.85. The van der Waals surface area contributed by atoms with Gasteiger partial charge >= 0.3 is 0 Å². The second-order valence-electron chi connectivity index (χ2n) is 5.78. The van der Waals surface area contributed by atoms with Crippen molar-refractivity contribution in [1.29, 1.82) is 0 Å². The third-order valence-corrected chi connectivity index (χ3v) is 4.33. The van der Waals surface area contributed by atoms with Gasteiger partial charge in [0.25, 0.3) is 0 Å². The fraction of sp³-hybridized carbons (Fsp3) is 0.500. The third kappa shape index (κ3) is 2.93. The predicted molar refractivity (Wildman–Crippen MR) is 79.2 cm³/mol. The van der Waals surface area contributed by atoms with Crippen LogP contribution in [-0.4, -0.2) is 58.9 Å². The molecule has 2 fully saturated rings. The number of carbonyl (C=O) groups is 2. The van der Waals surface area contributed by atoms with Gasteiger partial charge in [-0.1, -0.05) is 30.3 Å². The molecule has 2 amide bonds. The molecule has 2 aliphatic rings. The highest BCUT2D eigenvalue weighted by Crippen LogP contribution is 2.22. The smallest absolute Gasteiger partial charge is 0.243 e. The fourth-order valence-corrected chi connectivity index (χ4v) is 3.20. The molecular weight excluding hydrogens is 266 g/mol. The Morgan fingerprint density at radius 2 is 2.00 bits per heavy atom. The van der Waals surface area contributed by atoms with Gasteiger partial charge in [-0.3, -0.25) is 14.5 Å². The van der Waals surface area contributed by atoms with Crippen LogP contribution in [0.1, 0.15) is 18.9 Å². The zero-order valence-corrected chi connectivity index (χ0v) is 12.4. The maximum Gasteiger partial charge on any atom is 0.243 e. The van der Waals surface area contributed by atoms with E-state index in [2.05, 4.69) is 17.0 Å². The Bertz CT molecular complexity index is 532. The van der Waals surface area contributed by atoms with E-state index in [1.807, 2.05) is 23.1 Å². The lowest BCUT2D eigenvalue weighted by molar-refractivity contribution is -0.158. The molecule has 0 saturated carbocycles. The van der Waals surface area contributed by atoms with Crippen LogP contribution in [0.15, 0.2) is 30.3 Å². The third-order valence-electron chi connectivity index (χ3n) is 4.33. The molecule has 5 nitrogen and oxygen atoms in total. The van der Waals surface area contributed by atoms with Gasteiger partial charge < -0.3 is 9.80 Å². The number of rotatable bonds is 2. The summed E-state index contributed by atoms with van der Waals surface area (Å²) in [5.41, 5.74) is 1.24. The maximum absolute atomic E-state index is 12.2. The number of hydrogen-bond acceptors (Lipinski definition) is 3. The van der Waals surface area contributed by atoms with Gasteiger partial charge in [0.1, 0.15) is 6.17 Å². The molecule has 21 heavy (non-hydrogen) atoms. The second-order valence-corrected chi connectivity index (χ2v) is 5.78. The Balaban J connectivity index is 1.77. The monoisotopic (exact) mass is 287 g/mol. The number of carbonyl (C=O) groups excluding carboxylic acids is 2. The van der Waals surface area contributed by atoms with Crippen molar-refractivity contribution in [3.05, 3.63) is 35.9 Å². The van der Waals surface area contributed by atoms with Gasteiger partial charge in [-0.15, -0.1) is 0 Å². The Kier molecular flexibility index (Phi) is 3.92. The molecule has 1 aromatic rings. The van der Waals surface area contributed by atoms with E-state index in [0.29, 0.717) is 6.54 Å². The highest BCUT2D eigenvalue weighted by Gasteiger charge is 2.38. The number of fused-ring (bicyclic) bond motifs is 1. The van der Waals surface area contributed by atoms with Crippen LogP contribution >= 0.6 is 0 Å². The molecular formula is C16H21N3O2. The lowest BCUT2D eigenvalue weighted by atomic mass is 10.1. The van der Waals surface area contributed by atoms with E-state index < -0.39 is 0 Å². The van der Waals surface area contributed by atoms with Crippen molar-refractivity contribution in [3.8, 4) is 0 Å². The number of amides is 2. The van der Waals surface area contributed by atoms with Crippen molar-refractivity contribution >= 4 is 11.8 Å². The minimum absolute atomic E-state index is 0.0177. The minimum atomic E-state index is -0.0202. The normalized spacial score (nSPS) is 23.1. The van der Waals surface area contributed by atoms with Crippen molar-refractivity contribution in [2.75, 3.05) is 26.2 Å². The lowest BCUT2D eigenvalue weighted by Crippen LogP contribution is -2.65. The van der Waals surface area contributed by atoms with Crippen LogP contribution in [0.4, 0.5) is 0 Å². The Morgan fingerprint density at radius 3 is 2.71 bits per heavy atom. The van der Waals surface area contributed by atoms with Crippen LogP contribution in [0.3, 0.4) is 0 Å². The van der Waals surface area contributed by atoms with Crippen LogP contribution < -0.4 is 0 Å². The summed E-state index contributed by atoms with van der Waals surface area (Å²) in [7, 11) is 0. The molecule has 0 aliphatic carbocycles. The standard InChI is InChI=1S/C16H21N3O2/c1-13(20)18-11-15-17(10-14-6-3-2-4-7-14)8-5-9-19(15)16(21)12-18/h2-4,6-7,15H,5,8-12H2,1H3. The van der Waals surface area contributed by atoms with E-state index in [1.165, 1.54) is 12.5 Å². The summed E-state index contributed by atoms with van der Waals surface area (Å²) < 4.78 is 0. The number of hydrogen-bond donors (Lipinski definition) is 0. The van der Waals surface area contributed by atoms with E-state index >= 15 is 0 Å². The molecule has 1 aromatic carbocycles. The second kappa shape index (κ2) is 5.85. The summed E-state index contributed by atoms with van der Waals surface area (Å²) in [5, 5.41) is 0. The van der Waals surface area contributed by atoms with Crippen molar-refractivity contribution in [3.63, 3.8) is 0 Å². The van der Waals surface area contributed by atoms with Crippen LogP contribution in [-0.2, 0) is 16.1 Å². The summed E-state index contributed by atoms with van der Waals surface area (Å²) in [5.74, 6) is 0.0486. The molecule has 0 spiro atoms. The van der Waals surface area contributed by atoms with Gasteiger partial charge in [0, 0.05) is 26.6 Å². The SMILES string of the molecule is CC(=O)N1CC(=O)N2CCCN(Cc3ccccc3)C2C1. The van der Waals surface area contributed by atoms with Crippen molar-refractivity contribution in [2.24, 2.45) is 0 Å². The first kappa shape index (κ1) is 14.1. The summed E-state index contributed by atoms with van der Waals surface area (Å²) in [4.78, 5) is 29.8. The molecule has 0 aromatic heterocycles. The van der Waals surface area contributed by atoms with Crippen LogP contribution in [0, 0.1) is 0 Å². The topological polar surface area (TPSA) is 43.9 Å². The van der Waals surface area contributed by atoms with Crippen LogP contribution in [0.5, 0.6) is 0 Å². The number of benzene rings is 1. The zero-order chi connectivity index (χ0) is 14.8. The summed E-state index contributed by atoms with van der Waals surface area (Å²) in [6, 6.07) is 10.3. The average molecular weight is 287 g/mol. The number of nitrogens with zero attached hydrogens (tertiary/aromatic N) is 3. The van der Waals surface area contributed by atoms with Gasteiger partial charge in [-0.2, -0.15) is 0 Å². The van der Waals surface area contributed by atoms with E-state index in [9.17, 15) is 9.59 Å². The first-order chi connectivity index (χ1) is 10.1. The molecule has 0 radical (unpaired) electrons. The Labute approximate surface area is 125 Å². The molecule has 0 N–H and O–H groups in total. The molecule has 112 valence electrons. The molecule has 3 rings (SSSR count). The molecule has 1 unspecified atom stereocenters. The van der Waals surface area contributed by atoms with E-state index in [0.717, 1.165) is 26.1 Å². The first-order valence-electron chi connectivity index (χ1n) is 7.48. The Hall–Kier alpha value is -1.88. The van der Waals surface area contributed by atoms with Crippen LogP contribution in [0.2, 0.25) is 0 Å². The molecule has 2 saturated heterocycles. The summed E-state index contributed by atoms with van der Waals surface area (Å²) >= 11 is 0. The van der Waals surface area contributed by atoms with Crippen LogP contribution in [0.25, 0.3) is 0 Å². The lowest BCUT2D eigenvalue weighted by Gasteiger charge is -2.49. The largest absolute Gasteiger partial charge is 0.330 e. The van der Waals surface area contributed by atoms with Gasteiger partial charge in [0.2, 0.25) is 11.8 Å². The Morgan fingerprint density at radius 1 is 1.24 bits per heavy atom. The summed E-state index contributed by atoms with van der Waals surface area (Å²) in [6.45, 7) is 4.98. The quantitative estimate of drug-likeness (QED) is 0.812. The van der Waals surface area contributed by atoms with Gasteiger partial charge in [0.15, 0.2) is 0 Å². The summed E-state index contributed by atoms with van der Waals surface area (Å²) in [6.07, 6.45) is 1.01. The average Bonchev–Trinajstić information content (AvgIpc) is 2.49. The van der Waals surface area contributed by atoms with E-state index in [4.69, 9.17) is 0 Å². The fourth-order valence-electron chi connectivity index (χ4n) is 3.20. The van der Waals surface area contributed by atoms with Gasteiger partial charge in [0.05, 0.1) is 13.1 Å². The molecule has 2 heterocycles. The molecule has 2 aliphatic heterocycles. The molecule has 5 heteroatoms. The number of piperazine rings is 1. The zero-order valence-electron chi connectivity index (χ0n) is 12.4. The van der Waals surface area contributed by atoms with Gasteiger partial charge in [-0.05, 0) is 12.0 Å². The van der Waals surface area contributed by atoms with Crippen molar-refractivity contribution in [1.82, 2.24) is 14.7 Å². The van der Waals surface area contributed by atoms with Gasteiger partial charge in [-0.25, -0.2) is 0 Å². The van der Waals surface area contributed by atoms with E-state index in [1.54, 1.807) is 4.90 Å². The molecule has 1 atom stereocenters. The first-order valence-corrected chi connectivity index (χ1v) is 7.48.